The molecule has 3 nitrogen and oxygen atoms in total. The first-order valence-corrected chi connectivity index (χ1v) is 7.39. The van der Waals surface area contributed by atoms with Gasteiger partial charge < -0.3 is 10.0 Å². The smallest absolute Gasteiger partial charge is 0.303 e. The minimum atomic E-state index is -0.651. The monoisotopic (exact) mass is 245 g/mol. The van der Waals surface area contributed by atoms with Gasteiger partial charge in [-0.2, -0.15) is 11.8 Å². The Balaban J connectivity index is 2.06. The number of piperidine rings is 1. The van der Waals surface area contributed by atoms with E-state index >= 15 is 0 Å². The van der Waals surface area contributed by atoms with Crippen molar-refractivity contribution in [3.8, 4) is 0 Å². The zero-order chi connectivity index (χ0) is 11.8. The standard InChI is InChI=1S/C12H23NO2S/c1-2-16-10-9-13-7-5-11(6-8-13)3-4-12(14)15/h11H,2-10H2,1H3,(H,14,15). The zero-order valence-electron chi connectivity index (χ0n) is 10.2. The summed E-state index contributed by atoms with van der Waals surface area (Å²) in [6, 6.07) is 0. The predicted molar refractivity (Wildman–Crippen MR) is 69.0 cm³/mol. The van der Waals surface area contributed by atoms with Gasteiger partial charge in [-0.25, -0.2) is 0 Å². The Morgan fingerprint density at radius 3 is 2.69 bits per heavy atom. The topological polar surface area (TPSA) is 40.5 Å². The van der Waals surface area contributed by atoms with Crippen LogP contribution in [0.5, 0.6) is 0 Å². The van der Waals surface area contributed by atoms with Crippen LogP contribution in [-0.4, -0.2) is 47.1 Å². The maximum Gasteiger partial charge on any atom is 0.303 e. The largest absolute Gasteiger partial charge is 0.481 e. The van der Waals surface area contributed by atoms with E-state index in [1.165, 1.54) is 30.9 Å². The molecule has 0 aromatic carbocycles. The third-order valence-corrected chi connectivity index (χ3v) is 4.11. The maximum atomic E-state index is 10.5. The number of nitrogens with zero attached hydrogens (tertiary/aromatic N) is 1. The third-order valence-electron chi connectivity index (χ3n) is 3.23. The molecule has 0 saturated carbocycles. The average molecular weight is 245 g/mol. The SMILES string of the molecule is CCSCCN1CCC(CCC(=O)O)CC1. The van der Waals surface area contributed by atoms with Crippen molar-refractivity contribution in [1.29, 1.82) is 0 Å². The molecule has 1 rings (SSSR count). The minimum absolute atomic E-state index is 0.344. The Labute approximate surface area is 103 Å². The van der Waals surface area contributed by atoms with Crippen LogP contribution >= 0.6 is 11.8 Å². The lowest BCUT2D eigenvalue weighted by Crippen LogP contribution is -2.35. The molecule has 0 aromatic heterocycles. The Hall–Kier alpha value is -0.220. The summed E-state index contributed by atoms with van der Waals surface area (Å²) < 4.78 is 0. The summed E-state index contributed by atoms with van der Waals surface area (Å²) in [5.74, 6) is 2.43. The first kappa shape index (κ1) is 13.8. The van der Waals surface area contributed by atoms with Crippen molar-refractivity contribution in [3.63, 3.8) is 0 Å². The molecular weight excluding hydrogens is 222 g/mol. The van der Waals surface area contributed by atoms with Crippen LogP contribution in [0.3, 0.4) is 0 Å². The average Bonchev–Trinajstić information content (AvgIpc) is 2.28. The molecule has 94 valence electrons. The van der Waals surface area contributed by atoms with Crippen molar-refractivity contribution in [3.05, 3.63) is 0 Å². The van der Waals surface area contributed by atoms with Crippen molar-refractivity contribution in [1.82, 2.24) is 4.90 Å². The highest BCUT2D eigenvalue weighted by atomic mass is 32.2. The molecule has 0 radical (unpaired) electrons. The molecule has 1 aliphatic heterocycles. The van der Waals surface area contributed by atoms with Crippen LogP contribution in [0, 0.1) is 5.92 Å². The van der Waals surface area contributed by atoms with Gasteiger partial charge in [0.1, 0.15) is 0 Å². The fourth-order valence-electron chi connectivity index (χ4n) is 2.16. The van der Waals surface area contributed by atoms with Crippen LogP contribution in [0.1, 0.15) is 32.6 Å². The molecule has 1 fully saturated rings. The van der Waals surface area contributed by atoms with E-state index in [1.54, 1.807) is 0 Å². The van der Waals surface area contributed by atoms with Gasteiger partial charge in [-0.1, -0.05) is 6.92 Å². The molecule has 0 aliphatic carbocycles. The summed E-state index contributed by atoms with van der Waals surface area (Å²) in [7, 11) is 0. The first-order valence-electron chi connectivity index (χ1n) is 6.24. The lowest BCUT2D eigenvalue weighted by Gasteiger charge is -2.31. The number of rotatable bonds is 7. The van der Waals surface area contributed by atoms with Crippen molar-refractivity contribution in [2.75, 3.05) is 31.1 Å². The lowest BCUT2D eigenvalue weighted by molar-refractivity contribution is -0.137. The highest BCUT2D eigenvalue weighted by molar-refractivity contribution is 7.99. The summed E-state index contributed by atoms with van der Waals surface area (Å²) in [5, 5.41) is 8.63. The molecule has 16 heavy (non-hydrogen) atoms. The Morgan fingerprint density at radius 1 is 1.44 bits per heavy atom. The summed E-state index contributed by atoms with van der Waals surface area (Å²) in [6.45, 7) is 5.72. The van der Waals surface area contributed by atoms with E-state index in [1.807, 2.05) is 11.8 Å². The molecule has 0 amide bonds. The minimum Gasteiger partial charge on any atom is -0.481 e. The number of thioether (sulfide) groups is 1. The van der Waals surface area contributed by atoms with Gasteiger partial charge in [0.2, 0.25) is 0 Å². The molecular formula is C12H23NO2S. The van der Waals surface area contributed by atoms with Crippen LogP contribution in [-0.2, 0) is 4.79 Å². The fraction of sp³-hybridized carbons (Fsp3) is 0.917. The number of hydrogen-bond donors (Lipinski definition) is 1. The van der Waals surface area contributed by atoms with Gasteiger partial charge in [-0.05, 0) is 44.0 Å². The molecule has 0 unspecified atom stereocenters. The number of likely N-dealkylation sites (tertiary alicyclic amines) is 1. The van der Waals surface area contributed by atoms with Gasteiger partial charge in [0.05, 0.1) is 0 Å². The van der Waals surface area contributed by atoms with Gasteiger partial charge in [0.15, 0.2) is 0 Å². The predicted octanol–water partition coefficient (Wildman–Crippen LogP) is 2.32. The summed E-state index contributed by atoms with van der Waals surface area (Å²) >= 11 is 2.00. The number of carbonyl (C=O) groups is 1. The van der Waals surface area contributed by atoms with Crippen LogP contribution in [0.2, 0.25) is 0 Å². The molecule has 1 N–H and O–H groups in total. The van der Waals surface area contributed by atoms with Gasteiger partial charge in [0.25, 0.3) is 0 Å². The van der Waals surface area contributed by atoms with E-state index in [9.17, 15) is 4.79 Å². The molecule has 0 spiro atoms. The quantitative estimate of drug-likeness (QED) is 0.699. The normalized spacial score (nSPS) is 18.8. The first-order chi connectivity index (χ1) is 7.72. The van der Waals surface area contributed by atoms with Gasteiger partial charge in [-0.15, -0.1) is 0 Å². The van der Waals surface area contributed by atoms with Crippen molar-refractivity contribution in [2.45, 2.75) is 32.6 Å². The van der Waals surface area contributed by atoms with Gasteiger partial charge in [-0.3, -0.25) is 4.79 Å². The second kappa shape index (κ2) is 7.96. The summed E-state index contributed by atoms with van der Waals surface area (Å²) in [5.41, 5.74) is 0. The Bertz CT molecular complexity index is 203. The molecule has 1 saturated heterocycles. The summed E-state index contributed by atoms with van der Waals surface area (Å²) in [4.78, 5) is 13.0. The van der Waals surface area contributed by atoms with E-state index in [2.05, 4.69) is 11.8 Å². The highest BCUT2D eigenvalue weighted by Gasteiger charge is 2.19. The number of aliphatic carboxylic acids is 1. The van der Waals surface area contributed by atoms with Gasteiger partial charge >= 0.3 is 5.97 Å². The number of hydrogen-bond acceptors (Lipinski definition) is 3. The van der Waals surface area contributed by atoms with E-state index < -0.39 is 5.97 Å². The lowest BCUT2D eigenvalue weighted by atomic mass is 9.92. The van der Waals surface area contributed by atoms with E-state index in [0.29, 0.717) is 12.3 Å². The number of carboxylic acids is 1. The number of carboxylic acid groups (broad SMARTS) is 1. The molecule has 4 heteroatoms. The van der Waals surface area contributed by atoms with E-state index in [-0.39, 0.29) is 0 Å². The van der Waals surface area contributed by atoms with Crippen LogP contribution in [0.15, 0.2) is 0 Å². The third kappa shape index (κ3) is 5.75. The van der Waals surface area contributed by atoms with E-state index in [4.69, 9.17) is 5.11 Å². The Morgan fingerprint density at radius 2 is 2.12 bits per heavy atom. The molecule has 1 aliphatic rings. The van der Waals surface area contributed by atoms with Crippen molar-refractivity contribution < 1.29 is 9.90 Å². The van der Waals surface area contributed by atoms with Gasteiger partial charge in [0, 0.05) is 18.7 Å². The van der Waals surface area contributed by atoms with Crippen LogP contribution in [0.25, 0.3) is 0 Å². The van der Waals surface area contributed by atoms with Crippen LogP contribution in [0.4, 0.5) is 0 Å². The Kier molecular flexibility index (Phi) is 6.88. The van der Waals surface area contributed by atoms with Crippen molar-refractivity contribution in [2.24, 2.45) is 5.92 Å². The fourth-order valence-corrected chi connectivity index (χ4v) is 2.84. The van der Waals surface area contributed by atoms with Crippen LogP contribution < -0.4 is 0 Å². The molecule has 1 heterocycles. The molecule has 0 bridgehead atoms. The second-order valence-corrected chi connectivity index (χ2v) is 5.81. The van der Waals surface area contributed by atoms with Crippen molar-refractivity contribution >= 4 is 17.7 Å². The molecule has 0 atom stereocenters. The summed E-state index contributed by atoms with van der Waals surface area (Å²) in [6.07, 6.45) is 3.58. The maximum absolute atomic E-state index is 10.5. The second-order valence-electron chi connectivity index (χ2n) is 4.41. The zero-order valence-corrected chi connectivity index (χ0v) is 11.0. The van der Waals surface area contributed by atoms with E-state index in [0.717, 1.165) is 19.5 Å². The highest BCUT2D eigenvalue weighted by Crippen LogP contribution is 2.21. The molecule has 0 aromatic rings.